The lowest BCUT2D eigenvalue weighted by Crippen LogP contribution is -2.42. The summed E-state index contributed by atoms with van der Waals surface area (Å²) in [5.41, 5.74) is 1.44. The highest BCUT2D eigenvalue weighted by Crippen LogP contribution is 2.32. The zero-order valence-corrected chi connectivity index (χ0v) is 19.7. The van der Waals surface area contributed by atoms with E-state index in [-0.39, 0.29) is 24.1 Å². The first kappa shape index (κ1) is 25.2. The third-order valence-corrected chi connectivity index (χ3v) is 6.35. The van der Waals surface area contributed by atoms with Gasteiger partial charge in [0.25, 0.3) is 0 Å². The highest BCUT2D eigenvalue weighted by atomic mass is 35.5. The van der Waals surface area contributed by atoms with Gasteiger partial charge in [-0.1, -0.05) is 48.0 Å². The Kier molecular flexibility index (Phi) is 8.05. The van der Waals surface area contributed by atoms with Crippen LogP contribution in [0.2, 0.25) is 5.02 Å². The van der Waals surface area contributed by atoms with E-state index < -0.39 is 17.8 Å². The van der Waals surface area contributed by atoms with Gasteiger partial charge in [0.2, 0.25) is 5.91 Å². The molecule has 184 valence electrons. The van der Waals surface area contributed by atoms with E-state index in [0.29, 0.717) is 31.1 Å². The molecule has 5 nitrogen and oxygen atoms in total. The second kappa shape index (κ2) is 11.2. The van der Waals surface area contributed by atoms with Gasteiger partial charge in [0, 0.05) is 49.6 Å². The Balaban J connectivity index is 1.44. The highest BCUT2D eigenvalue weighted by molar-refractivity contribution is 6.30. The number of hydrogen-bond donors (Lipinski definition) is 2. The van der Waals surface area contributed by atoms with Crippen molar-refractivity contribution in [3.05, 3.63) is 100 Å². The van der Waals surface area contributed by atoms with Crippen LogP contribution in [-0.2, 0) is 30.6 Å². The molecule has 3 aromatic rings. The predicted molar refractivity (Wildman–Crippen MR) is 128 cm³/mol. The molecule has 0 aliphatic carbocycles. The summed E-state index contributed by atoms with van der Waals surface area (Å²) in [5.74, 6) is -0.122. The van der Waals surface area contributed by atoms with Crippen molar-refractivity contribution in [2.24, 2.45) is 0 Å². The van der Waals surface area contributed by atoms with E-state index >= 15 is 0 Å². The van der Waals surface area contributed by atoms with Crippen LogP contribution in [0.25, 0.3) is 0 Å². The van der Waals surface area contributed by atoms with E-state index in [1.54, 1.807) is 30.6 Å². The van der Waals surface area contributed by atoms with Gasteiger partial charge >= 0.3 is 6.18 Å². The second-order valence-corrected chi connectivity index (χ2v) is 9.06. The van der Waals surface area contributed by atoms with Crippen molar-refractivity contribution in [1.82, 2.24) is 20.5 Å². The van der Waals surface area contributed by atoms with Crippen molar-refractivity contribution >= 4 is 17.5 Å². The van der Waals surface area contributed by atoms with Crippen LogP contribution in [0.4, 0.5) is 13.2 Å². The monoisotopic (exact) mass is 502 g/mol. The maximum absolute atomic E-state index is 13.4. The van der Waals surface area contributed by atoms with Gasteiger partial charge < -0.3 is 10.6 Å². The standard InChI is InChI=1S/C26H26ClF3N4O/c27-21-9-7-18(8-10-21)16-34-17-22(32-15-20-5-1-2-6-23(20)26(28,29)30)12-24(34)25(35)33-14-19-4-3-11-31-13-19/h1-11,13,22,24,32H,12,14-17H2,(H,33,35)/t22-,24-/m0/s1. The molecule has 1 aromatic heterocycles. The Labute approximate surface area is 207 Å². The van der Waals surface area contributed by atoms with Crippen molar-refractivity contribution in [2.45, 2.75) is 44.3 Å². The number of nitrogens with one attached hydrogen (secondary N) is 2. The van der Waals surface area contributed by atoms with E-state index in [1.807, 2.05) is 24.3 Å². The number of nitrogens with zero attached hydrogens (tertiary/aromatic N) is 2. The Bertz CT molecular complexity index is 1130. The van der Waals surface area contributed by atoms with Gasteiger partial charge in [-0.3, -0.25) is 14.7 Å². The van der Waals surface area contributed by atoms with Crippen LogP contribution < -0.4 is 10.6 Å². The third-order valence-electron chi connectivity index (χ3n) is 6.10. The Morgan fingerprint density at radius 2 is 1.80 bits per heavy atom. The molecule has 2 aromatic carbocycles. The molecule has 1 saturated heterocycles. The summed E-state index contributed by atoms with van der Waals surface area (Å²) in [6, 6.07) is 16.1. The molecule has 0 radical (unpaired) electrons. The molecule has 9 heteroatoms. The van der Waals surface area contributed by atoms with Crippen molar-refractivity contribution in [2.75, 3.05) is 6.54 Å². The molecule has 1 amide bonds. The molecule has 35 heavy (non-hydrogen) atoms. The van der Waals surface area contributed by atoms with Crippen molar-refractivity contribution in [3.63, 3.8) is 0 Å². The molecule has 2 N–H and O–H groups in total. The minimum Gasteiger partial charge on any atom is -0.351 e. The number of rotatable bonds is 8. The van der Waals surface area contributed by atoms with Crippen LogP contribution in [0.3, 0.4) is 0 Å². The molecule has 0 unspecified atom stereocenters. The number of amides is 1. The highest BCUT2D eigenvalue weighted by Gasteiger charge is 2.37. The SMILES string of the molecule is O=C(NCc1cccnc1)[C@@H]1C[C@H](NCc2ccccc2C(F)(F)F)CN1Cc1ccc(Cl)cc1. The molecule has 0 spiro atoms. The number of hydrogen-bond acceptors (Lipinski definition) is 4. The molecule has 1 aliphatic rings. The van der Waals surface area contributed by atoms with Crippen molar-refractivity contribution in [3.8, 4) is 0 Å². The predicted octanol–water partition coefficient (Wildman–Crippen LogP) is 4.80. The first-order valence-electron chi connectivity index (χ1n) is 11.3. The largest absolute Gasteiger partial charge is 0.416 e. The average Bonchev–Trinajstić information content (AvgIpc) is 3.25. The topological polar surface area (TPSA) is 57.3 Å². The quantitative estimate of drug-likeness (QED) is 0.464. The maximum atomic E-state index is 13.4. The Hall–Kier alpha value is -2.94. The molecule has 1 aliphatic heterocycles. The smallest absolute Gasteiger partial charge is 0.351 e. The molecule has 1 fully saturated rings. The van der Waals surface area contributed by atoms with E-state index in [4.69, 9.17) is 11.6 Å². The molecule has 2 heterocycles. The first-order chi connectivity index (χ1) is 16.8. The lowest BCUT2D eigenvalue weighted by molar-refractivity contribution is -0.138. The first-order valence-corrected chi connectivity index (χ1v) is 11.7. The summed E-state index contributed by atoms with van der Waals surface area (Å²) in [6.45, 7) is 1.48. The number of likely N-dealkylation sites (tertiary alicyclic amines) is 1. The summed E-state index contributed by atoms with van der Waals surface area (Å²) in [6.07, 6.45) is -0.559. The number of carbonyl (C=O) groups is 1. The fourth-order valence-electron chi connectivity index (χ4n) is 4.34. The van der Waals surface area contributed by atoms with Crippen LogP contribution in [0.15, 0.2) is 73.1 Å². The Morgan fingerprint density at radius 1 is 1.03 bits per heavy atom. The van der Waals surface area contributed by atoms with Gasteiger partial charge in [-0.25, -0.2) is 0 Å². The van der Waals surface area contributed by atoms with Gasteiger partial charge in [-0.15, -0.1) is 0 Å². The van der Waals surface area contributed by atoms with Gasteiger partial charge in [-0.05, 0) is 47.4 Å². The van der Waals surface area contributed by atoms with Gasteiger partial charge in [0.05, 0.1) is 11.6 Å². The molecule has 4 rings (SSSR count). The number of halogens is 4. The van der Waals surface area contributed by atoms with Crippen molar-refractivity contribution < 1.29 is 18.0 Å². The van der Waals surface area contributed by atoms with Crippen molar-refractivity contribution in [1.29, 1.82) is 0 Å². The van der Waals surface area contributed by atoms with Crippen LogP contribution in [0.5, 0.6) is 0 Å². The average molecular weight is 503 g/mol. The summed E-state index contributed by atoms with van der Waals surface area (Å²) < 4.78 is 40.1. The maximum Gasteiger partial charge on any atom is 0.416 e. The van der Waals surface area contributed by atoms with Crippen LogP contribution in [0, 0.1) is 0 Å². The zero-order chi connectivity index (χ0) is 24.8. The minimum atomic E-state index is -4.41. The van der Waals surface area contributed by atoms with Crippen LogP contribution in [0.1, 0.15) is 28.7 Å². The fourth-order valence-corrected chi connectivity index (χ4v) is 4.46. The van der Waals surface area contributed by atoms with E-state index in [9.17, 15) is 18.0 Å². The zero-order valence-electron chi connectivity index (χ0n) is 18.9. The normalized spacial score (nSPS) is 18.5. The second-order valence-electron chi connectivity index (χ2n) is 8.62. The van der Waals surface area contributed by atoms with Gasteiger partial charge in [0.1, 0.15) is 0 Å². The summed E-state index contributed by atoms with van der Waals surface area (Å²) >= 11 is 6.00. The molecular formula is C26H26ClF3N4O. The van der Waals surface area contributed by atoms with Gasteiger partial charge in [0.15, 0.2) is 0 Å². The number of carbonyl (C=O) groups excluding carboxylic acids is 1. The molecule has 0 bridgehead atoms. The lowest BCUT2D eigenvalue weighted by Gasteiger charge is -2.23. The lowest BCUT2D eigenvalue weighted by atomic mass is 10.1. The molecule has 0 saturated carbocycles. The summed E-state index contributed by atoms with van der Waals surface area (Å²) in [7, 11) is 0. The van der Waals surface area contributed by atoms with E-state index in [1.165, 1.54) is 12.1 Å². The molecule has 2 atom stereocenters. The summed E-state index contributed by atoms with van der Waals surface area (Å²) in [5, 5.41) is 6.84. The molecular weight excluding hydrogens is 477 g/mol. The summed E-state index contributed by atoms with van der Waals surface area (Å²) in [4.78, 5) is 19.2. The third kappa shape index (κ3) is 6.81. The van der Waals surface area contributed by atoms with Crippen LogP contribution in [-0.4, -0.2) is 34.4 Å². The minimum absolute atomic E-state index is 0.0686. The Morgan fingerprint density at radius 3 is 2.51 bits per heavy atom. The van der Waals surface area contributed by atoms with E-state index in [0.717, 1.165) is 17.2 Å². The number of alkyl halides is 3. The van der Waals surface area contributed by atoms with Crippen LogP contribution >= 0.6 is 11.6 Å². The number of pyridine rings is 1. The van der Waals surface area contributed by atoms with Gasteiger partial charge in [-0.2, -0.15) is 13.2 Å². The number of aromatic nitrogens is 1. The fraction of sp³-hybridized carbons (Fsp3) is 0.308. The van der Waals surface area contributed by atoms with E-state index in [2.05, 4.69) is 20.5 Å². The number of benzene rings is 2.